The van der Waals surface area contributed by atoms with Gasteiger partial charge in [-0.15, -0.1) is 0 Å². The highest BCUT2D eigenvalue weighted by Gasteiger charge is 2.09. The van der Waals surface area contributed by atoms with Gasteiger partial charge in [0.25, 0.3) is 0 Å². The summed E-state index contributed by atoms with van der Waals surface area (Å²) in [6.07, 6.45) is 0. The van der Waals surface area contributed by atoms with Crippen LogP contribution in [-0.2, 0) is 0 Å². The van der Waals surface area contributed by atoms with Crippen molar-refractivity contribution in [3.05, 3.63) is 35.7 Å². The lowest BCUT2D eigenvalue weighted by atomic mass is 9.80. The van der Waals surface area contributed by atoms with Gasteiger partial charge in [0.15, 0.2) is 5.69 Å². The largest absolute Gasteiger partial charge is 0.487 e. The molecule has 1 aromatic rings. The van der Waals surface area contributed by atoms with Crippen molar-refractivity contribution >= 4 is 18.3 Å². The Morgan fingerprint density at radius 3 is 2.07 bits per heavy atom. The van der Waals surface area contributed by atoms with E-state index in [4.69, 9.17) is 16.6 Å². The molecule has 0 fully saturated rings. The van der Waals surface area contributed by atoms with Crippen LogP contribution < -0.4 is 5.46 Å². The maximum atomic E-state index is 8.70. The molecule has 0 aromatic heterocycles. The van der Waals surface area contributed by atoms with Gasteiger partial charge in [-0.3, -0.25) is 0 Å². The fraction of sp³-hybridized carbons (Fsp3) is 0.364. The van der Waals surface area contributed by atoms with Crippen LogP contribution in [0.25, 0.3) is 4.85 Å². The van der Waals surface area contributed by atoms with Gasteiger partial charge in [0, 0.05) is 0 Å². The van der Waals surface area contributed by atoms with E-state index in [0.717, 1.165) is 0 Å². The standard InChI is InChI=1S/C7H6BNO2.2C2H6/c1-9-7-4-2-3-6(5-7)8(10)11;2*1-2/h2-5,10-11H;2*1-2H3. The van der Waals surface area contributed by atoms with E-state index in [1.807, 2.05) is 27.7 Å². The van der Waals surface area contributed by atoms with Gasteiger partial charge in [0.1, 0.15) is 0 Å². The summed E-state index contributed by atoms with van der Waals surface area (Å²) in [6.45, 7) is 14.6. The molecule has 1 aromatic carbocycles. The molecule has 3 nitrogen and oxygen atoms in total. The Hall–Kier alpha value is -1.31. The quantitative estimate of drug-likeness (QED) is 0.546. The molecule has 0 amide bonds. The van der Waals surface area contributed by atoms with Crippen molar-refractivity contribution < 1.29 is 10.0 Å². The van der Waals surface area contributed by atoms with E-state index in [1.54, 1.807) is 18.2 Å². The molecule has 0 atom stereocenters. The van der Waals surface area contributed by atoms with Gasteiger partial charge in [0.2, 0.25) is 0 Å². The van der Waals surface area contributed by atoms with Gasteiger partial charge in [-0.1, -0.05) is 52.0 Å². The Morgan fingerprint density at radius 2 is 1.67 bits per heavy atom. The molecule has 0 unspecified atom stereocenters. The van der Waals surface area contributed by atoms with E-state index >= 15 is 0 Å². The number of hydrogen-bond acceptors (Lipinski definition) is 2. The summed E-state index contributed by atoms with van der Waals surface area (Å²) in [7, 11) is -1.49. The first-order valence-electron chi connectivity index (χ1n) is 5.07. The Labute approximate surface area is 92.4 Å². The zero-order chi connectivity index (χ0) is 12.3. The first-order valence-corrected chi connectivity index (χ1v) is 5.07. The van der Waals surface area contributed by atoms with E-state index < -0.39 is 7.12 Å². The van der Waals surface area contributed by atoms with Crippen molar-refractivity contribution in [2.75, 3.05) is 0 Å². The molecule has 0 spiro atoms. The molecule has 0 aliphatic carbocycles. The van der Waals surface area contributed by atoms with Crippen LogP contribution >= 0.6 is 0 Å². The summed E-state index contributed by atoms with van der Waals surface area (Å²) >= 11 is 0. The minimum atomic E-state index is -1.49. The summed E-state index contributed by atoms with van der Waals surface area (Å²) in [5.74, 6) is 0. The van der Waals surface area contributed by atoms with Crippen LogP contribution in [0.1, 0.15) is 27.7 Å². The van der Waals surface area contributed by atoms with Crippen LogP contribution in [0.5, 0.6) is 0 Å². The molecule has 4 heteroatoms. The maximum absolute atomic E-state index is 8.70. The average molecular weight is 207 g/mol. The molecule has 1 rings (SSSR count). The predicted molar refractivity (Wildman–Crippen MR) is 65.2 cm³/mol. The van der Waals surface area contributed by atoms with E-state index in [9.17, 15) is 0 Å². The molecule has 15 heavy (non-hydrogen) atoms. The van der Waals surface area contributed by atoms with Gasteiger partial charge in [0.05, 0.1) is 6.57 Å². The highest BCUT2D eigenvalue weighted by Crippen LogP contribution is 2.07. The van der Waals surface area contributed by atoms with Crippen LogP contribution in [0.4, 0.5) is 5.69 Å². The summed E-state index contributed by atoms with van der Waals surface area (Å²) in [5.41, 5.74) is 0.758. The predicted octanol–water partition coefficient (Wildman–Crippen LogP) is 1.97. The van der Waals surface area contributed by atoms with Gasteiger partial charge < -0.3 is 10.0 Å². The number of nitrogens with zero attached hydrogens (tertiary/aromatic N) is 1. The third-order valence-corrected chi connectivity index (χ3v) is 1.30. The molecule has 0 heterocycles. The highest BCUT2D eigenvalue weighted by atomic mass is 16.4. The molecule has 0 bridgehead atoms. The second kappa shape index (κ2) is 10.8. The van der Waals surface area contributed by atoms with Crippen molar-refractivity contribution in [3.8, 4) is 0 Å². The molecular weight excluding hydrogens is 189 g/mol. The molecule has 0 radical (unpaired) electrons. The van der Waals surface area contributed by atoms with Crippen LogP contribution in [0.15, 0.2) is 24.3 Å². The average Bonchev–Trinajstić information content (AvgIpc) is 2.34. The SMILES string of the molecule is CC.CC.[C-]#[N+]c1cccc(B(O)O)c1. The van der Waals surface area contributed by atoms with E-state index in [1.165, 1.54) is 6.07 Å². The summed E-state index contributed by atoms with van der Waals surface area (Å²) in [4.78, 5) is 3.14. The molecule has 0 aliphatic rings. The number of hydrogen-bond donors (Lipinski definition) is 2. The van der Waals surface area contributed by atoms with Crippen LogP contribution in [-0.4, -0.2) is 17.2 Å². The van der Waals surface area contributed by atoms with Gasteiger partial charge >= 0.3 is 7.12 Å². The van der Waals surface area contributed by atoms with E-state index in [2.05, 4.69) is 4.85 Å². The lowest BCUT2D eigenvalue weighted by molar-refractivity contribution is 0.426. The third-order valence-electron chi connectivity index (χ3n) is 1.30. The minimum Gasteiger partial charge on any atom is -0.423 e. The van der Waals surface area contributed by atoms with Crippen molar-refractivity contribution in [3.63, 3.8) is 0 Å². The molecule has 0 aliphatic heterocycles. The van der Waals surface area contributed by atoms with Crippen LogP contribution in [0.3, 0.4) is 0 Å². The van der Waals surface area contributed by atoms with Gasteiger partial charge in [-0.25, -0.2) is 4.85 Å². The van der Waals surface area contributed by atoms with E-state index in [0.29, 0.717) is 11.2 Å². The van der Waals surface area contributed by atoms with Crippen molar-refractivity contribution in [1.82, 2.24) is 0 Å². The molecule has 2 N–H and O–H groups in total. The summed E-state index contributed by atoms with van der Waals surface area (Å²) in [6, 6.07) is 6.22. The monoisotopic (exact) mass is 207 g/mol. The third kappa shape index (κ3) is 6.72. The number of benzene rings is 1. The zero-order valence-electron chi connectivity index (χ0n) is 9.73. The van der Waals surface area contributed by atoms with Gasteiger partial charge in [-0.05, 0) is 5.46 Å². The molecule has 0 saturated heterocycles. The zero-order valence-corrected chi connectivity index (χ0v) is 9.73. The first-order chi connectivity index (χ1) is 7.24. The normalized spacial score (nSPS) is 7.27. The Balaban J connectivity index is 0. The second-order valence-electron chi connectivity index (χ2n) is 2.08. The van der Waals surface area contributed by atoms with Crippen molar-refractivity contribution in [2.45, 2.75) is 27.7 Å². The fourth-order valence-corrected chi connectivity index (χ4v) is 0.755. The Kier molecular flexibility index (Phi) is 11.6. The second-order valence-corrected chi connectivity index (χ2v) is 2.08. The lowest BCUT2D eigenvalue weighted by Crippen LogP contribution is -2.29. The Bertz CT molecular complexity index is 295. The first kappa shape index (κ1) is 16.1. The van der Waals surface area contributed by atoms with Crippen molar-refractivity contribution in [2.24, 2.45) is 0 Å². The minimum absolute atomic E-state index is 0.346. The molecule has 0 saturated carbocycles. The van der Waals surface area contributed by atoms with E-state index in [-0.39, 0.29) is 0 Å². The Morgan fingerprint density at radius 1 is 1.13 bits per heavy atom. The molecule has 82 valence electrons. The maximum Gasteiger partial charge on any atom is 0.487 e. The number of rotatable bonds is 1. The highest BCUT2D eigenvalue weighted by molar-refractivity contribution is 6.58. The summed E-state index contributed by atoms with van der Waals surface area (Å²) in [5, 5.41) is 17.4. The van der Waals surface area contributed by atoms with Crippen LogP contribution in [0, 0.1) is 6.57 Å². The topological polar surface area (TPSA) is 44.8 Å². The fourth-order valence-electron chi connectivity index (χ4n) is 0.755. The van der Waals surface area contributed by atoms with Crippen molar-refractivity contribution in [1.29, 1.82) is 0 Å². The molecular formula is C11H18BNO2. The smallest absolute Gasteiger partial charge is 0.423 e. The van der Waals surface area contributed by atoms with Crippen LogP contribution in [0.2, 0.25) is 0 Å². The van der Waals surface area contributed by atoms with Gasteiger partial charge in [-0.2, -0.15) is 0 Å². The lowest BCUT2D eigenvalue weighted by Gasteiger charge is -1.97. The summed E-state index contributed by atoms with van der Waals surface area (Å²) < 4.78 is 0.